The van der Waals surface area contributed by atoms with Crippen LogP contribution >= 0.6 is 11.6 Å². The van der Waals surface area contributed by atoms with E-state index in [2.05, 4.69) is 13.8 Å². The van der Waals surface area contributed by atoms with Crippen molar-refractivity contribution in [3.8, 4) is 0 Å². The van der Waals surface area contributed by atoms with Crippen molar-refractivity contribution in [2.24, 2.45) is 5.92 Å². The molecule has 9 heavy (non-hydrogen) atoms. The zero-order valence-electron chi connectivity index (χ0n) is 6.28. The summed E-state index contributed by atoms with van der Waals surface area (Å²) >= 11 is 6.23. The molecule has 0 radical (unpaired) electrons. The van der Waals surface area contributed by atoms with Crippen LogP contribution < -0.4 is 0 Å². The Morgan fingerprint density at radius 2 is 2.33 bits per heavy atom. The zero-order chi connectivity index (χ0) is 6.91. The van der Waals surface area contributed by atoms with E-state index in [9.17, 15) is 0 Å². The highest BCUT2D eigenvalue weighted by Gasteiger charge is 2.34. The molecule has 0 bridgehead atoms. The molecule has 1 fully saturated rings. The Morgan fingerprint density at radius 3 is 2.56 bits per heavy atom. The summed E-state index contributed by atoms with van der Waals surface area (Å²) in [5.74, 6) is 0.777. The van der Waals surface area contributed by atoms with Gasteiger partial charge in [-0.2, -0.15) is 0 Å². The summed E-state index contributed by atoms with van der Waals surface area (Å²) in [5, 5.41) is 0. The molecule has 1 saturated carbocycles. The Balaban J connectivity index is 2.52. The Morgan fingerprint density at radius 1 is 1.67 bits per heavy atom. The van der Waals surface area contributed by atoms with Crippen molar-refractivity contribution in [1.29, 1.82) is 0 Å². The fraction of sp³-hybridized carbons (Fsp3) is 1.00. The minimum absolute atomic E-state index is 0.134. The van der Waals surface area contributed by atoms with Gasteiger partial charge in [-0.1, -0.05) is 19.8 Å². The Hall–Kier alpha value is 0.290. The van der Waals surface area contributed by atoms with Gasteiger partial charge in [-0.05, 0) is 25.7 Å². The highest BCUT2D eigenvalue weighted by Crippen LogP contribution is 2.42. The number of hydrogen-bond acceptors (Lipinski definition) is 0. The van der Waals surface area contributed by atoms with Gasteiger partial charge in [-0.15, -0.1) is 11.6 Å². The van der Waals surface area contributed by atoms with Gasteiger partial charge in [-0.3, -0.25) is 0 Å². The molecule has 0 amide bonds. The molecular weight excluding hydrogens is 132 g/mol. The molecule has 1 aliphatic carbocycles. The second-order valence-corrected chi connectivity index (χ2v) is 4.14. The van der Waals surface area contributed by atoms with Crippen LogP contribution in [0, 0.1) is 5.92 Å². The molecular formula is C8H15Cl. The first-order valence-electron chi connectivity index (χ1n) is 3.85. The topological polar surface area (TPSA) is 0 Å². The van der Waals surface area contributed by atoms with Gasteiger partial charge < -0.3 is 0 Å². The van der Waals surface area contributed by atoms with E-state index in [1.807, 2.05) is 0 Å². The van der Waals surface area contributed by atoms with Crippen LogP contribution in [0.3, 0.4) is 0 Å². The van der Waals surface area contributed by atoms with Crippen molar-refractivity contribution < 1.29 is 0 Å². The molecule has 0 aromatic carbocycles. The average molecular weight is 147 g/mol. The molecule has 1 heteroatoms. The minimum atomic E-state index is 0.134. The van der Waals surface area contributed by atoms with Crippen LogP contribution in [-0.2, 0) is 0 Å². The third-order valence-electron chi connectivity index (χ3n) is 2.56. The van der Waals surface area contributed by atoms with E-state index in [-0.39, 0.29) is 4.87 Å². The average Bonchev–Trinajstić information content (AvgIpc) is 2.08. The Kier molecular flexibility index (Phi) is 2.05. The molecule has 2 unspecified atom stereocenters. The van der Waals surface area contributed by atoms with Crippen molar-refractivity contribution >= 4 is 11.6 Å². The van der Waals surface area contributed by atoms with Gasteiger partial charge >= 0.3 is 0 Å². The maximum atomic E-state index is 6.23. The summed E-state index contributed by atoms with van der Waals surface area (Å²) < 4.78 is 0. The van der Waals surface area contributed by atoms with Gasteiger partial charge in [-0.25, -0.2) is 0 Å². The van der Waals surface area contributed by atoms with Crippen molar-refractivity contribution in [1.82, 2.24) is 0 Å². The molecule has 0 aromatic rings. The fourth-order valence-electron chi connectivity index (χ4n) is 1.83. The van der Waals surface area contributed by atoms with E-state index in [0.29, 0.717) is 0 Å². The lowest BCUT2D eigenvalue weighted by atomic mass is 9.95. The molecule has 0 spiro atoms. The zero-order valence-corrected chi connectivity index (χ0v) is 7.04. The standard InChI is InChI=1S/C8H15Cl/c1-3-7-5-4-6-8(7,2)9/h7H,3-6H2,1-2H3. The molecule has 2 atom stereocenters. The quantitative estimate of drug-likeness (QED) is 0.499. The SMILES string of the molecule is CCC1CCCC1(C)Cl. The summed E-state index contributed by atoms with van der Waals surface area (Å²) in [7, 11) is 0. The number of hydrogen-bond donors (Lipinski definition) is 0. The van der Waals surface area contributed by atoms with E-state index in [4.69, 9.17) is 11.6 Å². The van der Waals surface area contributed by atoms with Crippen LogP contribution in [-0.4, -0.2) is 4.87 Å². The predicted octanol–water partition coefficient (Wildman–Crippen LogP) is 3.19. The first-order chi connectivity index (χ1) is 4.17. The lowest BCUT2D eigenvalue weighted by molar-refractivity contribution is 0.438. The molecule has 0 saturated heterocycles. The van der Waals surface area contributed by atoms with E-state index in [0.717, 1.165) is 5.92 Å². The third kappa shape index (κ3) is 1.40. The summed E-state index contributed by atoms with van der Waals surface area (Å²) in [6, 6.07) is 0. The molecule has 0 nitrogen and oxygen atoms in total. The molecule has 54 valence electrons. The molecule has 1 rings (SSSR count). The second-order valence-electron chi connectivity index (χ2n) is 3.28. The van der Waals surface area contributed by atoms with Crippen LogP contribution in [0.5, 0.6) is 0 Å². The minimum Gasteiger partial charge on any atom is -0.119 e. The highest BCUT2D eigenvalue weighted by atomic mass is 35.5. The Bertz CT molecular complexity index is 96.7. The van der Waals surface area contributed by atoms with Crippen molar-refractivity contribution in [2.75, 3.05) is 0 Å². The lowest BCUT2D eigenvalue weighted by Gasteiger charge is -2.22. The summed E-state index contributed by atoms with van der Waals surface area (Å²) in [6.45, 7) is 4.41. The van der Waals surface area contributed by atoms with Gasteiger partial charge in [0.2, 0.25) is 0 Å². The van der Waals surface area contributed by atoms with Crippen molar-refractivity contribution in [3.63, 3.8) is 0 Å². The van der Waals surface area contributed by atoms with E-state index in [1.165, 1.54) is 25.7 Å². The fourth-order valence-corrected chi connectivity index (χ4v) is 2.23. The molecule has 0 heterocycles. The summed E-state index contributed by atoms with van der Waals surface area (Å²) in [5.41, 5.74) is 0. The van der Waals surface area contributed by atoms with Crippen LogP contribution in [0.15, 0.2) is 0 Å². The third-order valence-corrected chi connectivity index (χ3v) is 3.06. The lowest BCUT2D eigenvalue weighted by Crippen LogP contribution is -2.20. The largest absolute Gasteiger partial charge is 0.119 e. The Labute approximate surface area is 62.6 Å². The number of rotatable bonds is 1. The van der Waals surface area contributed by atoms with Crippen molar-refractivity contribution in [3.05, 3.63) is 0 Å². The maximum Gasteiger partial charge on any atom is 0.0446 e. The van der Waals surface area contributed by atoms with Crippen LogP contribution in [0.2, 0.25) is 0 Å². The highest BCUT2D eigenvalue weighted by molar-refractivity contribution is 6.24. The molecule has 1 aliphatic rings. The molecule has 0 N–H and O–H groups in total. The van der Waals surface area contributed by atoms with Gasteiger partial charge in [0.15, 0.2) is 0 Å². The van der Waals surface area contributed by atoms with Crippen LogP contribution in [0.4, 0.5) is 0 Å². The summed E-state index contributed by atoms with van der Waals surface area (Å²) in [4.78, 5) is 0.134. The molecule has 0 aromatic heterocycles. The number of halogens is 1. The van der Waals surface area contributed by atoms with Gasteiger partial charge in [0.05, 0.1) is 0 Å². The first kappa shape index (κ1) is 7.40. The van der Waals surface area contributed by atoms with Gasteiger partial charge in [0, 0.05) is 4.87 Å². The van der Waals surface area contributed by atoms with E-state index >= 15 is 0 Å². The normalized spacial score (nSPS) is 43.7. The first-order valence-corrected chi connectivity index (χ1v) is 4.23. The van der Waals surface area contributed by atoms with Crippen LogP contribution in [0.1, 0.15) is 39.5 Å². The smallest absolute Gasteiger partial charge is 0.0446 e. The number of alkyl halides is 1. The van der Waals surface area contributed by atoms with E-state index < -0.39 is 0 Å². The monoisotopic (exact) mass is 146 g/mol. The van der Waals surface area contributed by atoms with E-state index in [1.54, 1.807) is 0 Å². The molecule has 0 aliphatic heterocycles. The predicted molar refractivity (Wildman–Crippen MR) is 41.9 cm³/mol. The van der Waals surface area contributed by atoms with Crippen molar-refractivity contribution in [2.45, 2.75) is 44.4 Å². The summed E-state index contributed by atoms with van der Waals surface area (Å²) in [6.07, 6.45) is 5.14. The maximum absolute atomic E-state index is 6.23. The second kappa shape index (κ2) is 2.49. The van der Waals surface area contributed by atoms with Gasteiger partial charge in [0.25, 0.3) is 0 Å². The van der Waals surface area contributed by atoms with Crippen LogP contribution in [0.25, 0.3) is 0 Å². The van der Waals surface area contributed by atoms with Gasteiger partial charge in [0.1, 0.15) is 0 Å².